The van der Waals surface area contributed by atoms with Gasteiger partial charge in [-0.2, -0.15) is 0 Å². The average molecular weight is 314 g/mol. The van der Waals surface area contributed by atoms with Gasteiger partial charge in [0, 0.05) is 0 Å². The van der Waals surface area contributed by atoms with Gasteiger partial charge in [0.05, 0.1) is 19.8 Å². The van der Waals surface area contributed by atoms with Gasteiger partial charge in [-0.05, 0) is 42.8 Å². The van der Waals surface area contributed by atoms with Gasteiger partial charge in [0.2, 0.25) is 0 Å². The minimum Gasteiger partial charge on any atom is -0.504 e. The van der Waals surface area contributed by atoms with Gasteiger partial charge in [-0.25, -0.2) is 4.79 Å². The molecule has 0 aliphatic rings. The molecular formula is C18H18O5. The predicted octanol–water partition coefficient (Wildman–Crippen LogP) is 3.66. The molecule has 0 radical (unpaired) electrons. The van der Waals surface area contributed by atoms with Crippen LogP contribution in [0.15, 0.2) is 42.5 Å². The second-order valence-corrected chi connectivity index (χ2v) is 4.69. The summed E-state index contributed by atoms with van der Waals surface area (Å²) in [7, 11) is 2.92. The summed E-state index contributed by atoms with van der Waals surface area (Å²) in [5, 5.41) is 9.57. The zero-order valence-electron chi connectivity index (χ0n) is 13.2. The molecule has 0 saturated heterocycles. The third-order valence-electron chi connectivity index (χ3n) is 3.16. The van der Waals surface area contributed by atoms with E-state index in [1.165, 1.54) is 32.4 Å². The molecule has 0 atom stereocenters. The maximum atomic E-state index is 12.2. The quantitative estimate of drug-likeness (QED) is 0.674. The number of carbonyl (C=O) groups excluding carboxylic acids is 1. The topological polar surface area (TPSA) is 65.0 Å². The van der Waals surface area contributed by atoms with E-state index < -0.39 is 5.97 Å². The van der Waals surface area contributed by atoms with Crippen LogP contribution < -0.4 is 14.2 Å². The molecule has 0 spiro atoms. The molecule has 0 saturated carbocycles. The van der Waals surface area contributed by atoms with Gasteiger partial charge < -0.3 is 19.3 Å². The summed E-state index contributed by atoms with van der Waals surface area (Å²) >= 11 is 0. The smallest absolute Gasteiger partial charge is 0.343 e. The van der Waals surface area contributed by atoms with Gasteiger partial charge in [0.1, 0.15) is 0 Å². The Kier molecular flexibility index (Phi) is 5.25. The van der Waals surface area contributed by atoms with Crippen LogP contribution in [0.2, 0.25) is 0 Å². The highest BCUT2D eigenvalue weighted by atomic mass is 16.6. The molecule has 0 unspecified atom stereocenters. The molecule has 0 bridgehead atoms. The minimum atomic E-state index is -0.569. The molecule has 0 heterocycles. The molecule has 120 valence electrons. The highest BCUT2D eigenvalue weighted by molar-refractivity contribution is 5.92. The second-order valence-electron chi connectivity index (χ2n) is 4.69. The molecule has 0 aliphatic heterocycles. The molecule has 0 fully saturated rings. The highest BCUT2D eigenvalue weighted by Crippen LogP contribution is 2.31. The SMILES string of the molecule is CC=Cc1ccc(OC(=O)c2ccc(O)c(OC)c2)c(OC)c1. The maximum Gasteiger partial charge on any atom is 0.343 e. The number of hydrogen-bond donors (Lipinski definition) is 1. The van der Waals surface area contributed by atoms with Crippen molar-refractivity contribution in [1.82, 2.24) is 0 Å². The number of allylic oxidation sites excluding steroid dienone is 1. The summed E-state index contributed by atoms with van der Waals surface area (Å²) in [6.45, 7) is 1.92. The first-order chi connectivity index (χ1) is 11.1. The molecular weight excluding hydrogens is 296 g/mol. The first-order valence-corrected chi connectivity index (χ1v) is 6.99. The summed E-state index contributed by atoms with van der Waals surface area (Å²) < 4.78 is 15.6. The van der Waals surface area contributed by atoms with Gasteiger partial charge in [-0.3, -0.25) is 0 Å². The van der Waals surface area contributed by atoms with Crippen molar-refractivity contribution >= 4 is 12.0 Å². The number of rotatable bonds is 5. The van der Waals surface area contributed by atoms with Crippen molar-refractivity contribution in [2.75, 3.05) is 14.2 Å². The number of methoxy groups -OCH3 is 2. The fourth-order valence-electron chi connectivity index (χ4n) is 2.03. The molecule has 2 rings (SSSR count). The molecule has 2 aromatic rings. The van der Waals surface area contributed by atoms with E-state index in [4.69, 9.17) is 14.2 Å². The molecule has 5 nitrogen and oxygen atoms in total. The van der Waals surface area contributed by atoms with Gasteiger partial charge >= 0.3 is 5.97 Å². The van der Waals surface area contributed by atoms with Crippen LogP contribution in [0, 0.1) is 0 Å². The summed E-state index contributed by atoms with van der Waals surface area (Å²) in [5.74, 6) is 0.366. The lowest BCUT2D eigenvalue weighted by Crippen LogP contribution is -2.09. The normalized spacial score (nSPS) is 10.6. The van der Waals surface area contributed by atoms with Crippen molar-refractivity contribution in [2.45, 2.75) is 6.92 Å². The van der Waals surface area contributed by atoms with E-state index in [-0.39, 0.29) is 17.1 Å². The van der Waals surface area contributed by atoms with Crippen LogP contribution in [0.4, 0.5) is 0 Å². The lowest BCUT2D eigenvalue weighted by molar-refractivity contribution is 0.0729. The maximum absolute atomic E-state index is 12.2. The first-order valence-electron chi connectivity index (χ1n) is 6.99. The van der Waals surface area contributed by atoms with Gasteiger partial charge in [-0.1, -0.05) is 18.2 Å². The van der Waals surface area contributed by atoms with Gasteiger partial charge in [0.25, 0.3) is 0 Å². The van der Waals surface area contributed by atoms with Gasteiger partial charge in [0.15, 0.2) is 23.0 Å². The Labute approximate surface area is 134 Å². The third kappa shape index (κ3) is 3.83. The van der Waals surface area contributed by atoms with Crippen molar-refractivity contribution < 1.29 is 24.1 Å². The highest BCUT2D eigenvalue weighted by Gasteiger charge is 2.14. The van der Waals surface area contributed by atoms with E-state index in [1.54, 1.807) is 12.1 Å². The predicted molar refractivity (Wildman–Crippen MR) is 87.3 cm³/mol. The van der Waals surface area contributed by atoms with Crippen molar-refractivity contribution in [3.05, 3.63) is 53.6 Å². The molecule has 2 aromatic carbocycles. The third-order valence-corrected chi connectivity index (χ3v) is 3.16. The number of esters is 1. The number of hydrogen-bond acceptors (Lipinski definition) is 5. The number of ether oxygens (including phenoxy) is 3. The summed E-state index contributed by atoms with van der Waals surface area (Å²) in [4.78, 5) is 12.2. The zero-order chi connectivity index (χ0) is 16.8. The van der Waals surface area contributed by atoms with E-state index >= 15 is 0 Å². The van der Waals surface area contributed by atoms with Crippen LogP contribution in [0.3, 0.4) is 0 Å². The van der Waals surface area contributed by atoms with E-state index in [0.29, 0.717) is 11.5 Å². The van der Waals surface area contributed by atoms with Crippen LogP contribution in [0.5, 0.6) is 23.0 Å². The molecule has 1 N–H and O–H groups in total. The second kappa shape index (κ2) is 7.35. The lowest BCUT2D eigenvalue weighted by atomic mass is 10.2. The van der Waals surface area contributed by atoms with Crippen LogP contribution in [-0.2, 0) is 0 Å². The Morgan fingerprint density at radius 1 is 1.00 bits per heavy atom. The van der Waals surface area contributed by atoms with Crippen molar-refractivity contribution in [3.63, 3.8) is 0 Å². The summed E-state index contributed by atoms with van der Waals surface area (Å²) in [6.07, 6.45) is 3.82. The van der Waals surface area contributed by atoms with E-state index in [9.17, 15) is 9.90 Å². The summed E-state index contributed by atoms with van der Waals surface area (Å²) in [5.41, 5.74) is 1.20. The van der Waals surface area contributed by atoms with E-state index in [1.807, 2.05) is 25.1 Å². The molecule has 23 heavy (non-hydrogen) atoms. The average Bonchev–Trinajstić information content (AvgIpc) is 2.56. The Morgan fingerprint density at radius 3 is 2.39 bits per heavy atom. The number of benzene rings is 2. The minimum absolute atomic E-state index is 0.0441. The van der Waals surface area contributed by atoms with Crippen LogP contribution in [0.25, 0.3) is 6.08 Å². The number of aromatic hydroxyl groups is 1. The standard InChI is InChI=1S/C18H18O5/c1-4-5-12-6-9-15(17(10-12)22-3)23-18(20)13-7-8-14(19)16(11-13)21-2/h4-11,19H,1-3H3. The summed E-state index contributed by atoms with van der Waals surface area (Å²) in [6, 6.07) is 9.52. The Morgan fingerprint density at radius 2 is 1.74 bits per heavy atom. The molecule has 5 heteroatoms. The Bertz CT molecular complexity index is 734. The van der Waals surface area contributed by atoms with E-state index in [0.717, 1.165) is 5.56 Å². The first kappa shape index (κ1) is 16.4. The van der Waals surface area contributed by atoms with Crippen LogP contribution in [-0.4, -0.2) is 25.3 Å². The monoisotopic (exact) mass is 314 g/mol. The lowest BCUT2D eigenvalue weighted by Gasteiger charge is -2.11. The van der Waals surface area contributed by atoms with Gasteiger partial charge in [-0.15, -0.1) is 0 Å². The van der Waals surface area contributed by atoms with Crippen molar-refractivity contribution in [1.29, 1.82) is 0 Å². The van der Waals surface area contributed by atoms with Crippen molar-refractivity contribution in [2.24, 2.45) is 0 Å². The molecule has 0 amide bonds. The zero-order valence-corrected chi connectivity index (χ0v) is 13.2. The molecule has 0 aromatic heterocycles. The Balaban J connectivity index is 2.26. The van der Waals surface area contributed by atoms with E-state index in [2.05, 4.69) is 0 Å². The number of carbonyl (C=O) groups is 1. The largest absolute Gasteiger partial charge is 0.504 e. The van der Waals surface area contributed by atoms with Crippen molar-refractivity contribution in [3.8, 4) is 23.0 Å². The van der Waals surface area contributed by atoms with Crippen LogP contribution in [0.1, 0.15) is 22.8 Å². The fourth-order valence-corrected chi connectivity index (χ4v) is 2.03. The number of phenols is 1. The Hall–Kier alpha value is -2.95. The molecule has 0 aliphatic carbocycles. The van der Waals surface area contributed by atoms with Crippen LogP contribution >= 0.6 is 0 Å². The fraction of sp³-hybridized carbons (Fsp3) is 0.167. The number of phenolic OH excluding ortho intramolecular Hbond substituents is 1.